The predicted molar refractivity (Wildman–Crippen MR) is 140 cm³/mol. The molecule has 1 saturated carbocycles. The van der Waals surface area contributed by atoms with Crippen LogP contribution < -0.4 is 10.6 Å². The molecule has 1 aliphatic carbocycles. The number of nitrogens with zero attached hydrogens (tertiary/aromatic N) is 1. The second kappa shape index (κ2) is 12.4. The van der Waals surface area contributed by atoms with Crippen LogP contribution in [0.25, 0.3) is 0 Å². The van der Waals surface area contributed by atoms with Crippen molar-refractivity contribution in [2.75, 3.05) is 6.61 Å². The Kier molecular flexibility index (Phi) is 9.31. The molecule has 1 fully saturated rings. The lowest BCUT2D eigenvalue weighted by molar-refractivity contribution is -0.148. The normalized spacial score (nSPS) is 14.9. The molecule has 0 heterocycles. The van der Waals surface area contributed by atoms with Gasteiger partial charge in [0, 0.05) is 18.2 Å². The van der Waals surface area contributed by atoms with E-state index in [1.807, 2.05) is 30.3 Å². The molecule has 37 heavy (non-hydrogen) atoms. The molecule has 0 spiro atoms. The Hall–Kier alpha value is -3.83. The molecule has 0 aromatic heterocycles. The first kappa shape index (κ1) is 27.8. The lowest BCUT2D eigenvalue weighted by Gasteiger charge is -2.43. The monoisotopic (exact) mass is 505 g/mol. The van der Waals surface area contributed by atoms with Crippen LogP contribution in [-0.4, -0.2) is 52.2 Å². The van der Waals surface area contributed by atoms with Gasteiger partial charge in [-0.05, 0) is 57.2 Å². The number of benzene rings is 2. The largest absolute Gasteiger partial charge is 0.444 e. The van der Waals surface area contributed by atoms with Crippen molar-refractivity contribution in [3.8, 4) is 12.3 Å². The molecule has 3 amide bonds. The average Bonchev–Trinajstić information content (AvgIpc) is 2.84. The van der Waals surface area contributed by atoms with Crippen molar-refractivity contribution in [2.45, 2.75) is 70.3 Å². The van der Waals surface area contributed by atoms with E-state index in [-0.39, 0.29) is 12.6 Å². The molecule has 0 saturated heterocycles. The molecular weight excluding hydrogens is 470 g/mol. The summed E-state index contributed by atoms with van der Waals surface area (Å²) in [6, 6.07) is 13.8. The number of aliphatic hydroxyl groups excluding tert-OH is 1. The first-order chi connectivity index (χ1) is 17.6. The Bertz CT molecular complexity index is 1130. The highest BCUT2D eigenvalue weighted by molar-refractivity contribution is 5.93. The third kappa shape index (κ3) is 7.34. The van der Waals surface area contributed by atoms with Crippen molar-refractivity contribution >= 4 is 17.9 Å². The molecule has 3 rings (SSSR count). The van der Waals surface area contributed by atoms with E-state index < -0.39 is 42.2 Å². The van der Waals surface area contributed by atoms with Gasteiger partial charge < -0.3 is 25.4 Å². The third-order valence-corrected chi connectivity index (χ3v) is 6.14. The summed E-state index contributed by atoms with van der Waals surface area (Å²) in [5.41, 5.74) is 1.11. The van der Waals surface area contributed by atoms with Gasteiger partial charge >= 0.3 is 6.09 Å². The van der Waals surface area contributed by atoms with Crippen molar-refractivity contribution in [3.05, 3.63) is 71.3 Å². The Morgan fingerprint density at radius 3 is 2.32 bits per heavy atom. The van der Waals surface area contributed by atoms with Crippen LogP contribution in [0, 0.1) is 12.3 Å². The molecule has 2 aromatic rings. The van der Waals surface area contributed by atoms with E-state index in [2.05, 4.69) is 16.6 Å². The molecule has 0 radical (unpaired) electrons. The van der Waals surface area contributed by atoms with Crippen LogP contribution in [0.15, 0.2) is 54.6 Å². The zero-order valence-corrected chi connectivity index (χ0v) is 21.6. The minimum absolute atomic E-state index is 0.250. The van der Waals surface area contributed by atoms with Gasteiger partial charge in [-0.15, -0.1) is 6.42 Å². The highest BCUT2D eigenvalue weighted by atomic mass is 16.6. The standard InChI is InChI=1S/C29H35N3O5/c1-5-21-14-9-10-17-23(21)25(26(34)30-18-20-12-7-6-8-13-20)32(22-15-11-16-22)27(35)24(19-33)31-28(36)37-29(2,3)4/h1,6-10,12-14,17,22,24-25,33H,11,15-16,18-19H2,2-4H3,(H,30,34)(H,31,36). The topological polar surface area (TPSA) is 108 Å². The second-order valence-electron chi connectivity index (χ2n) is 10.0. The first-order valence-electron chi connectivity index (χ1n) is 12.4. The van der Waals surface area contributed by atoms with Gasteiger partial charge in [-0.2, -0.15) is 0 Å². The summed E-state index contributed by atoms with van der Waals surface area (Å²) < 4.78 is 5.28. The van der Waals surface area contributed by atoms with Crippen molar-refractivity contribution in [2.24, 2.45) is 0 Å². The summed E-state index contributed by atoms with van der Waals surface area (Å²) in [6.07, 6.45) is 7.21. The Balaban J connectivity index is 1.97. The summed E-state index contributed by atoms with van der Waals surface area (Å²) in [5, 5.41) is 15.5. The number of hydrogen-bond donors (Lipinski definition) is 3. The lowest BCUT2D eigenvalue weighted by Crippen LogP contribution is -2.58. The Morgan fingerprint density at radius 1 is 1.11 bits per heavy atom. The molecule has 3 N–H and O–H groups in total. The van der Waals surface area contributed by atoms with Crippen LogP contribution in [0.1, 0.15) is 62.8 Å². The maximum absolute atomic E-state index is 13.9. The van der Waals surface area contributed by atoms with E-state index in [9.17, 15) is 19.5 Å². The minimum atomic E-state index is -1.29. The van der Waals surface area contributed by atoms with E-state index in [4.69, 9.17) is 11.2 Å². The molecule has 196 valence electrons. The van der Waals surface area contributed by atoms with E-state index >= 15 is 0 Å². The van der Waals surface area contributed by atoms with Gasteiger partial charge in [-0.1, -0.05) is 54.5 Å². The smallest absolute Gasteiger partial charge is 0.408 e. The number of amides is 3. The number of ether oxygens (including phenoxy) is 1. The van der Waals surface area contributed by atoms with Crippen molar-refractivity contribution in [3.63, 3.8) is 0 Å². The van der Waals surface area contributed by atoms with Crippen LogP contribution in [0.4, 0.5) is 4.79 Å². The third-order valence-electron chi connectivity index (χ3n) is 6.14. The van der Waals surface area contributed by atoms with Gasteiger partial charge in [0.05, 0.1) is 6.61 Å². The molecule has 0 bridgehead atoms. The zero-order valence-electron chi connectivity index (χ0n) is 21.6. The fourth-order valence-corrected chi connectivity index (χ4v) is 4.16. The molecule has 8 heteroatoms. The summed E-state index contributed by atoms with van der Waals surface area (Å²) in [5.74, 6) is 1.64. The molecule has 2 atom stereocenters. The van der Waals surface area contributed by atoms with Gasteiger partial charge in [-0.25, -0.2) is 4.79 Å². The van der Waals surface area contributed by atoms with Crippen LogP contribution in [0.5, 0.6) is 0 Å². The van der Waals surface area contributed by atoms with Gasteiger partial charge in [0.25, 0.3) is 0 Å². The van der Waals surface area contributed by atoms with Crippen LogP contribution >= 0.6 is 0 Å². The fourth-order valence-electron chi connectivity index (χ4n) is 4.16. The van der Waals surface area contributed by atoms with Crippen LogP contribution in [-0.2, 0) is 20.9 Å². The summed E-state index contributed by atoms with van der Waals surface area (Å²) in [4.78, 5) is 41.5. The number of terminal acetylenes is 1. The van der Waals surface area contributed by atoms with Crippen LogP contribution in [0.2, 0.25) is 0 Å². The van der Waals surface area contributed by atoms with E-state index in [0.29, 0.717) is 24.0 Å². The van der Waals surface area contributed by atoms with Gasteiger partial charge in [0.2, 0.25) is 11.8 Å². The Morgan fingerprint density at radius 2 is 1.76 bits per heavy atom. The summed E-state index contributed by atoms with van der Waals surface area (Å²) in [6.45, 7) is 4.71. The SMILES string of the molecule is C#Cc1ccccc1C(C(=O)NCc1ccccc1)N(C(=O)C(CO)NC(=O)OC(C)(C)C)C1CCC1. The summed E-state index contributed by atoms with van der Waals surface area (Å²) in [7, 11) is 0. The summed E-state index contributed by atoms with van der Waals surface area (Å²) >= 11 is 0. The predicted octanol–water partition coefficient (Wildman–Crippen LogP) is 3.29. The number of hydrogen-bond acceptors (Lipinski definition) is 5. The van der Waals surface area contributed by atoms with Gasteiger partial charge in [0.15, 0.2) is 0 Å². The zero-order chi connectivity index (χ0) is 27.0. The maximum Gasteiger partial charge on any atom is 0.408 e. The quantitative estimate of drug-likeness (QED) is 0.454. The number of carbonyl (C=O) groups excluding carboxylic acids is 3. The number of carbonyl (C=O) groups is 3. The number of alkyl carbamates (subject to hydrolysis) is 1. The molecule has 0 aliphatic heterocycles. The number of rotatable bonds is 9. The van der Waals surface area contributed by atoms with Gasteiger partial charge in [0.1, 0.15) is 17.7 Å². The molecule has 2 aromatic carbocycles. The van der Waals surface area contributed by atoms with Crippen LogP contribution in [0.3, 0.4) is 0 Å². The second-order valence-corrected chi connectivity index (χ2v) is 10.0. The van der Waals surface area contributed by atoms with Gasteiger partial charge in [-0.3, -0.25) is 9.59 Å². The highest BCUT2D eigenvalue weighted by Gasteiger charge is 2.42. The fraction of sp³-hybridized carbons (Fsp3) is 0.414. The van der Waals surface area contributed by atoms with E-state index in [1.165, 1.54) is 4.90 Å². The van der Waals surface area contributed by atoms with E-state index in [1.54, 1.807) is 45.0 Å². The maximum atomic E-state index is 13.9. The molecular formula is C29H35N3O5. The molecule has 1 aliphatic rings. The average molecular weight is 506 g/mol. The number of aliphatic hydroxyl groups is 1. The van der Waals surface area contributed by atoms with Crippen molar-refractivity contribution in [1.29, 1.82) is 0 Å². The highest BCUT2D eigenvalue weighted by Crippen LogP contribution is 2.34. The van der Waals surface area contributed by atoms with Crippen molar-refractivity contribution < 1.29 is 24.2 Å². The first-order valence-corrected chi connectivity index (χ1v) is 12.4. The lowest BCUT2D eigenvalue weighted by atomic mass is 9.87. The minimum Gasteiger partial charge on any atom is -0.444 e. The van der Waals surface area contributed by atoms with Crippen molar-refractivity contribution in [1.82, 2.24) is 15.5 Å². The number of nitrogens with one attached hydrogen (secondary N) is 2. The molecule has 2 unspecified atom stereocenters. The Labute approximate surface area is 218 Å². The van der Waals surface area contributed by atoms with E-state index in [0.717, 1.165) is 12.0 Å². The molecule has 8 nitrogen and oxygen atoms in total.